The molecule has 2 aromatic carbocycles. The highest BCUT2D eigenvalue weighted by molar-refractivity contribution is 6.05. The zero-order valence-electron chi connectivity index (χ0n) is 14.5. The van der Waals surface area contributed by atoms with E-state index in [9.17, 15) is 35.9 Å². The highest BCUT2D eigenvalue weighted by Crippen LogP contribution is 2.37. The molecule has 29 heavy (non-hydrogen) atoms. The Kier molecular flexibility index (Phi) is 5.16. The number of alkyl halides is 6. The minimum Gasteiger partial charge on any atom is -0.336 e. The Hall–Kier alpha value is -3.24. The zero-order valence-corrected chi connectivity index (χ0v) is 14.5. The van der Waals surface area contributed by atoms with E-state index in [4.69, 9.17) is 0 Å². The van der Waals surface area contributed by atoms with Gasteiger partial charge in [0.25, 0.3) is 5.91 Å². The largest absolute Gasteiger partial charge is 0.416 e. The maximum Gasteiger partial charge on any atom is 0.416 e. The molecule has 1 aliphatic heterocycles. The van der Waals surface area contributed by atoms with E-state index < -0.39 is 35.1 Å². The number of anilines is 2. The Balaban J connectivity index is 1.83. The van der Waals surface area contributed by atoms with E-state index in [0.717, 1.165) is 0 Å². The molecule has 3 rings (SSSR count). The van der Waals surface area contributed by atoms with Gasteiger partial charge in [-0.1, -0.05) is 0 Å². The van der Waals surface area contributed by atoms with Crippen molar-refractivity contribution in [3.8, 4) is 0 Å². The van der Waals surface area contributed by atoms with Crippen LogP contribution in [0.2, 0.25) is 0 Å². The van der Waals surface area contributed by atoms with Crippen molar-refractivity contribution >= 4 is 23.3 Å². The molecule has 0 unspecified atom stereocenters. The van der Waals surface area contributed by atoms with Gasteiger partial charge in [0.1, 0.15) is 0 Å². The number of rotatable bonds is 3. The van der Waals surface area contributed by atoms with Crippen LogP contribution < -0.4 is 15.5 Å². The Bertz CT molecular complexity index is 906. The van der Waals surface area contributed by atoms with Crippen LogP contribution in [0.4, 0.5) is 42.5 Å². The van der Waals surface area contributed by atoms with Gasteiger partial charge >= 0.3 is 18.4 Å². The van der Waals surface area contributed by atoms with Crippen LogP contribution in [0, 0.1) is 0 Å². The molecule has 0 saturated carbocycles. The van der Waals surface area contributed by atoms with E-state index in [-0.39, 0.29) is 17.7 Å². The number of carbonyl (C=O) groups excluding carboxylic acids is 2. The first kappa shape index (κ1) is 20.5. The Morgan fingerprint density at radius 1 is 0.931 bits per heavy atom. The summed E-state index contributed by atoms with van der Waals surface area (Å²) in [6.45, 7) is 0.882. The van der Waals surface area contributed by atoms with Crippen molar-refractivity contribution in [3.63, 3.8) is 0 Å². The van der Waals surface area contributed by atoms with Crippen LogP contribution in [0.1, 0.15) is 21.5 Å². The quantitative estimate of drug-likeness (QED) is 0.723. The second kappa shape index (κ2) is 7.30. The number of nitrogens with one attached hydrogen (secondary N) is 2. The number of amides is 3. The van der Waals surface area contributed by atoms with Gasteiger partial charge in [-0.05, 0) is 42.5 Å². The molecule has 11 heteroatoms. The smallest absolute Gasteiger partial charge is 0.336 e. The highest BCUT2D eigenvalue weighted by Gasteiger charge is 2.37. The monoisotopic (exact) mass is 417 g/mol. The number of hydrogen-bond donors (Lipinski definition) is 2. The second-order valence-corrected chi connectivity index (χ2v) is 6.18. The van der Waals surface area contributed by atoms with Crippen LogP contribution in [-0.4, -0.2) is 25.0 Å². The molecular formula is C18H13F6N3O2. The fourth-order valence-corrected chi connectivity index (χ4v) is 2.74. The minimum absolute atomic E-state index is 0.000625. The molecule has 3 amide bonds. The van der Waals surface area contributed by atoms with Gasteiger partial charge in [0, 0.05) is 30.0 Å². The van der Waals surface area contributed by atoms with Crippen LogP contribution in [0.5, 0.6) is 0 Å². The van der Waals surface area contributed by atoms with Crippen molar-refractivity contribution in [1.29, 1.82) is 0 Å². The maximum atomic E-state index is 12.9. The topological polar surface area (TPSA) is 61.4 Å². The van der Waals surface area contributed by atoms with E-state index in [0.29, 0.717) is 30.9 Å². The van der Waals surface area contributed by atoms with Gasteiger partial charge in [0.15, 0.2) is 0 Å². The Morgan fingerprint density at radius 3 is 1.93 bits per heavy atom. The fraction of sp³-hybridized carbons (Fsp3) is 0.222. The van der Waals surface area contributed by atoms with E-state index in [1.165, 1.54) is 29.2 Å². The van der Waals surface area contributed by atoms with Crippen LogP contribution >= 0.6 is 0 Å². The van der Waals surface area contributed by atoms with E-state index >= 15 is 0 Å². The third kappa shape index (κ3) is 4.61. The SMILES string of the molecule is O=C(Nc1cc(C(F)(F)F)cc(C(F)(F)F)c1)c1ccc(N2CCNC2=O)cc1. The molecule has 0 spiro atoms. The summed E-state index contributed by atoms with van der Waals surface area (Å²) in [5.41, 5.74) is -3.20. The Morgan fingerprint density at radius 2 is 1.48 bits per heavy atom. The van der Waals surface area contributed by atoms with Crippen LogP contribution in [0.15, 0.2) is 42.5 Å². The highest BCUT2D eigenvalue weighted by atomic mass is 19.4. The van der Waals surface area contributed by atoms with Crippen molar-refractivity contribution in [1.82, 2.24) is 5.32 Å². The maximum absolute atomic E-state index is 12.9. The predicted molar refractivity (Wildman–Crippen MR) is 91.6 cm³/mol. The first-order chi connectivity index (χ1) is 13.4. The lowest BCUT2D eigenvalue weighted by Crippen LogP contribution is -2.27. The lowest BCUT2D eigenvalue weighted by atomic mass is 10.1. The summed E-state index contributed by atoms with van der Waals surface area (Å²) in [6.07, 6.45) is -10.0. The molecule has 1 saturated heterocycles. The van der Waals surface area contributed by atoms with Crippen LogP contribution in [0.3, 0.4) is 0 Å². The number of carbonyl (C=O) groups is 2. The normalized spacial score (nSPS) is 14.7. The molecule has 0 aliphatic carbocycles. The average Bonchev–Trinajstić information content (AvgIpc) is 3.06. The molecule has 1 heterocycles. The first-order valence-electron chi connectivity index (χ1n) is 8.21. The van der Waals surface area contributed by atoms with Crippen LogP contribution in [-0.2, 0) is 12.4 Å². The van der Waals surface area contributed by atoms with Gasteiger partial charge in [-0.25, -0.2) is 4.79 Å². The molecule has 0 radical (unpaired) electrons. The van der Waals surface area contributed by atoms with E-state index in [2.05, 4.69) is 5.32 Å². The summed E-state index contributed by atoms with van der Waals surface area (Å²) < 4.78 is 77.4. The second-order valence-electron chi connectivity index (χ2n) is 6.18. The molecular weight excluding hydrogens is 404 g/mol. The average molecular weight is 417 g/mol. The molecule has 154 valence electrons. The summed E-state index contributed by atoms with van der Waals surface area (Å²) in [4.78, 5) is 25.3. The minimum atomic E-state index is -5.02. The first-order valence-corrected chi connectivity index (χ1v) is 8.21. The summed E-state index contributed by atoms with van der Waals surface area (Å²) in [5, 5.41) is 4.65. The number of hydrogen-bond acceptors (Lipinski definition) is 2. The fourth-order valence-electron chi connectivity index (χ4n) is 2.74. The van der Waals surface area contributed by atoms with Crippen LogP contribution in [0.25, 0.3) is 0 Å². The van der Waals surface area contributed by atoms with Crippen molar-refractivity contribution in [2.45, 2.75) is 12.4 Å². The lowest BCUT2D eigenvalue weighted by Gasteiger charge is -2.16. The van der Waals surface area contributed by atoms with Gasteiger partial charge in [-0.2, -0.15) is 26.3 Å². The molecule has 1 aliphatic rings. The van der Waals surface area contributed by atoms with Crippen molar-refractivity contribution < 1.29 is 35.9 Å². The summed E-state index contributed by atoms with van der Waals surface area (Å²) in [7, 11) is 0. The summed E-state index contributed by atoms with van der Waals surface area (Å²) in [5.74, 6) is -0.894. The molecule has 0 aromatic heterocycles. The van der Waals surface area contributed by atoms with Crippen molar-refractivity contribution in [2.75, 3.05) is 23.3 Å². The van der Waals surface area contributed by atoms with E-state index in [1.54, 1.807) is 0 Å². The third-order valence-electron chi connectivity index (χ3n) is 4.14. The number of nitrogens with zero attached hydrogens (tertiary/aromatic N) is 1. The van der Waals surface area contributed by atoms with Gasteiger partial charge in [0.2, 0.25) is 0 Å². The Labute approximate surface area is 160 Å². The van der Waals surface area contributed by atoms with Crippen molar-refractivity contribution in [2.24, 2.45) is 0 Å². The number of urea groups is 1. The summed E-state index contributed by atoms with van der Waals surface area (Å²) >= 11 is 0. The van der Waals surface area contributed by atoms with Crippen molar-refractivity contribution in [3.05, 3.63) is 59.2 Å². The molecule has 0 atom stereocenters. The summed E-state index contributed by atoms with van der Waals surface area (Å²) in [6, 6.07) is 6.05. The van der Waals surface area contributed by atoms with Gasteiger partial charge in [0.05, 0.1) is 11.1 Å². The molecule has 2 N–H and O–H groups in total. The number of halogens is 6. The zero-order chi connectivity index (χ0) is 21.4. The third-order valence-corrected chi connectivity index (χ3v) is 4.14. The van der Waals surface area contributed by atoms with Gasteiger partial charge < -0.3 is 10.6 Å². The molecule has 5 nitrogen and oxygen atoms in total. The van der Waals surface area contributed by atoms with E-state index in [1.807, 2.05) is 5.32 Å². The molecule has 2 aromatic rings. The standard InChI is InChI=1S/C18H13F6N3O2/c19-17(20,21)11-7-12(18(22,23)24)9-13(8-11)26-15(28)10-1-3-14(4-2-10)27-6-5-25-16(27)29/h1-4,7-9H,5-6H2,(H,25,29)(H,26,28). The van der Waals surface area contributed by atoms with Gasteiger partial charge in [-0.15, -0.1) is 0 Å². The molecule has 1 fully saturated rings. The lowest BCUT2D eigenvalue weighted by molar-refractivity contribution is -0.143. The molecule has 0 bridgehead atoms. The van der Waals surface area contributed by atoms with Gasteiger partial charge in [-0.3, -0.25) is 9.69 Å². The predicted octanol–water partition coefficient (Wildman–Crippen LogP) is 4.51. The number of benzene rings is 2.